The van der Waals surface area contributed by atoms with E-state index in [1.54, 1.807) is 30.3 Å². The van der Waals surface area contributed by atoms with Crippen LogP contribution in [0.3, 0.4) is 0 Å². The number of aromatic amines is 1. The molecule has 20 nitrogen and oxygen atoms in total. The number of alkyl halides is 2. The maximum atomic E-state index is 16.9. The number of hydrogen-bond donors (Lipinski definition) is 4. The number of nitrogens with zero attached hydrogens (tertiary/aromatic N) is 9. The average Bonchev–Trinajstić information content (AvgIpc) is 4.01. The van der Waals surface area contributed by atoms with E-state index in [0.29, 0.717) is 5.56 Å². The average molecular weight is 892 g/mol. The molecule has 1 amide bonds. The Morgan fingerprint density at radius 3 is 2.20 bits per heavy atom. The van der Waals surface area contributed by atoms with Crippen molar-refractivity contribution in [1.29, 1.82) is 10.5 Å². The second kappa shape index (κ2) is 18.0. The molecule has 0 spiro atoms. The number of aromatic nitrogens is 8. The fraction of sp³-hybridized carbons (Fsp3) is 0.424. The molecule has 59 heavy (non-hydrogen) atoms. The molecule has 0 saturated carbocycles. The van der Waals surface area contributed by atoms with E-state index in [4.69, 9.17) is 51.9 Å². The molecule has 5 aromatic rings. The number of halogens is 2. The third-order valence-corrected chi connectivity index (χ3v) is 16.2. The predicted octanol–water partition coefficient (Wildman–Crippen LogP) is 2.90. The number of nitriles is 2. The van der Waals surface area contributed by atoms with Crippen molar-refractivity contribution in [3.8, 4) is 12.1 Å². The first-order valence-corrected chi connectivity index (χ1v) is 23.1. The van der Waals surface area contributed by atoms with E-state index in [9.17, 15) is 24.9 Å². The highest BCUT2D eigenvalue weighted by atomic mass is 32.5. The zero-order valence-corrected chi connectivity index (χ0v) is 33.7. The summed E-state index contributed by atoms with van der Waals surface area (Å²) in [6, 6.07) is 12.1. The van der Waals surface area contributed by atoms with E-state index in [2.05, 4.69) is 35.2 Å². The summed E-state index contributed by atoms with van der Waals surface area (Å²) >= 11 is 11.4. The molecule has 6 heterocycles. The van der Waals surface area contributed by atoms with Crippen molar-refractivity contribution in [3.05, 3.63) is 71.6 Å². The summed E-state index contributed by atoms with van der Waals surface area (Å²) in [6.07, 6.45) is -5.96. The quantitative estimate of drug-likeness (QED) is 0.0819. The lowest BCUT2D eigenvalue weighted by Crippen LogP contribution is -2.36. The lowest BCUT2D eigenvalue weighted by Gasteiger charge is -2.33. The SMILES string of the molecule is N#CCCOP(O)(=S)[C@@H]1C(COP(=S)(OCCC#N)[C@@H]2C(CO)OC(n3cnc4c(=O)[nH]cnc43)[C@@H]2F)OC(n2cnc3c(NC(=O)c4ccccc4)ncnc32)[C@@H]1F. The molecule has 1 aromatic carbocycles. The monoisotopic (exact) mass is 891 g/mol. The summed E-state index contributed by atoms with van der Waals surface area (Å²) in [4.78, 5) is 59.9. The first kappa shape index (κ1) is 42.6. The molecular weight excluding hydrogens is 859 g/mol. The van der Waals surface area contributed by atoms with Gasteiger partial charge in [-0.3, -0.25) is 18.7 Å². The fourth-order valence-electron chi connectivity index (χ4n) is 6.77. The largest absolute Gasteiger partial charge is 0.394 e. The second-order valence-electron chi connectivity index (χ2n) is 13.0. The molecule has 0 radical (unpaired) electrons. The van der Waals surface area contributed by atoms with Gasteiger partial charge in [0, 0.05) is 5.56 Å². The van der Waals surface area contributed by atoms with Crippen LogP contribution in [0, 0.1) is 22.7 Å². The Morgan fingerprint density at radius 2 is 1.53 bits per heavy atom. The molecule has 4 N–H and O–H groups in total. The maximum Gasteiger partial charge on any atom is 0.278 e. The zero-order valence-electron chi connectivity index (χ0n) is 30.3. The molecule has 2 saturated heterocycles. The first-order valence-electron chi connectivity index (χ1n) is 17.7. The van der Waals surface area contributed by atoms with Crippen molar-refractivity contribution in [3.63, 3.8) is 0 Å². The lowest BCUT2D eigenvalue weighted by atomic mass is 10.2. The summed E-state index contributed by atoms with van der Waals surface area (Å²) in [5, 5.41) is 31.4. The minimum atomic E-state index is -4.19. The molecule has 310 valence electrons. The van der Waals surface area contributed by atoms with Gasteiger partial charge in [-0.25, -0.2) is 33.7 Å². The van der Waals surface area contributed by atoms with Gasteiger partial charge >= 0.3 is 0 Å². The number of amides is 1. The number of aliphatic hydroxyl groups excluding tert-OH is 1. The molecule has 0 aliphatic carbocycles. The van der Waals surface area contributed by atoms with Crippen LogP contribution in [0.15, 0.2) is 60.4 Å². The lowest BCUT2D eigenvalue weighted by molar-refractivity contribution is -0.0365. The topological polar surface area (TPSA) is 270 Å². The number of fused-ring (bicyclic) bond motifs is 2. The summed E-state index contributed by atoms with van der Waals surface area (Å²) in [6.45, 7) is -10.3. The molecule has 2 fully saturated rings. The van der Waals surface area contributed by atoms with Crippen molar-refractivity contribution < 1.29 is 46.6 Å². The Hall–Kier alpha value is -4.55. The van der Waals surface area contributed by atoms with Gasteiger partial charge in [0.15, 0.2) is 65.9 Å². The smallest absolute Gasteiger partial charge is 0.278 e. The van der Waals surface area contributed by atoms with Crippen molar-refractivity contribution in [2.45, 2.75) is 61.2 Å². The van der Waals surface area contributed by atoms with Gasteiger partial charge in [-0.1, -0.05) is 18.2 Å². The van der Waals surface area contributed by atoms with Gasteiger partial charge in [0.1, 0.15) is 6.33 Å². The number of hydrogen-bond acceptors (Lipinski definition) is 17. The normalized spacial score (nSPS) is 26.3. The van der Waals surface area contributed by atoms with Gasteiger partial charge in [-0.05, 0) is 35.7 Å². The van der Waals surface area contributed by atoms with Crippen molar-refractivity contribution in [2.75, 3.05) is 31.7 Å². The van der Waals surface area contributed by atoms with Crippen LogP contribution in [-0.2, 0) is 46.7 Å². The van der Waals surface area contributed by atoms with Crippen LogP contribution in [0.1, 0.15) is 35.7 Å². The maximum absolute atomic E-state index is 16.9. The standard InChI is InChI=1S/C33H33F2N11O9P2S2/c34-21-25(56(50,58)51-10-4-8-36)20(55-32(21)45-16-42-23-27(38-14-39-28(23)45)44-30(48)18-6-2-1-3-7-18)13-53-57(59,52-11-5-9-37)26-19(12-47)54-33(22(26)35)46-17-43-24-29(46)40-15-41-31(24)49/h1-3,6-7,14-17,19-22,25-26,32-33,47H,4-5,10-13H2,(H,50,58)(H,40,41,49)(H,38,39,44,48)/t19?,20?,21-,22-,25-,26-,32?,33?,56?,57?/m1/s1. The summed E-state index contributed by atoms with van der Waals surface area (Å²) in [7, 11) is 0. The number of rotatable bonds is 16. The number of carbonyl (C=O) groups excluding carboxylic acids is 1. The number of benzene rings is 1. The van der Waals surface area contributed by atoms with Crippen LogP contribution in [0.25, 0.3) is 22.3 Å². The number of anilines is 1. The van der Waals surface area contributed by atoms with Gasteiger partial charge in [0.25, 0.3) is 11.5 Å². The van der Waals surface area contributed by atoms with E-state index >= 15 is 8.78 Å². The van der Waals surface area contributed by atoms with Crippen LogP contribution in [-0.4, -0.2) is 117 Å². The van der Waals surface area contributed by atoms with E-state index in [-0.39, 0.29) is 54.2 Å². The zero-order chi connectivity index (χ0) is 41.9. The summed E-state index contributed by atoms with van der Waals surface area (Å²) in [5.41, 5.74) is -3.42. The van der Waals surface area contributed by atoms with Gasteiger partial charge < -0.3 is 43.3 Å². The van der Waals surface area contributed by atoms with E-state index in [1.165, 1.54) is 15.5 Å². The minimum Gasteiger partial charge on any atom is -0.394 e. The fourth-order valence-corrected chi connectivity index (χ4v) is 12.7. The van der Waals surface area contributed by atoms with Gasteiger partial charge in [-0.15, -0.1) is 0 Å². The van der Waals surface area contributed by atoms with Crippen LogP contribution >= 0.6 is 13.0 Å². The third-order valence-electron chi connectivity index (χ3n) is 9.44. The van der Waals surface area contributed by atoms with Crippen LogP contribution in [0.5, 0.6) is 0 Å². The highest BCUT2D eigenvalue weighted by Gasteiger charge is 2.57. The number of aliphatic hydroxyl groups is 1. The molecule has 10 atom stereocenters. The Labute approximate surface area is 342 Å². The summed E-state index contributed by atoms with van der Waals surface area (Å²) in [5.74, 6) is -0.485. The molecule has 4 aromatic heterocycles. The van der Waals surface area contributed by atoms with Gasteiger partial charge in [-0.2, -0.15) is 10.5 Å². The Kier molecular flexibility index (Phi) is 13.0. The summed E-state index contributed by atoms with van der Waals surface area (Å²) < 4.78 is 65.9. The van der Waals surface area contributed by atoms with E-state index in [1.807, 2.05) is 12.1 Å². The number of nitrogens with one attached hydrogen (secondary N) is 2. The Bertz CT molecular complexity index is 2580. The van der Waals surface area contributed by atoms with Gasteiger partial charge in [0.05, 0.1) is 93.9 Å². The highest BCUT2D eigenvalue weighted by molar-refractivity contribution is 8.10. The van der Waals surface area contributed by atoms with Gasteiger partial charge in [0.2, 0.25) is 0 Å². The van der Waals surface area contributed by atoms with E-state index < -0.39 is 86.0 Å². The van der Waals surface area contributed by atoms with Crippen LogP contribution < -0.4 is 10.9 Å². The second-order valence-corrected chi connectivity index (χ2v) is 20.3. The van der Waals surface area contributed by atoms with Crippen molar-refractivity contribution >= 4 is 70.6 Å². The highest BCUT2D eigenvalue weighted by Crippen LogP contribution is 2.63. The van der Waals surface area contributed by atoms with E-state index in [0.717, 1.165) is 19.0 Å². The molecule has 7 rings (SSSR count). The molecule has 2 aliphatic rings. The molecule has 6 unspecified atom stereocenters. The number of imidazole rings is 2. The third kappa shape index (κ3) is 8.44. The molecule has 2 aliphatic heterocycles. The van der Waals surface area contributed by atoms with Crippen molar-refractivity contribution in [1.82, 2.24) is 39.0 Å². The molecule has 0 bridgehead atoms. The number of carbonyl (C=O) groups is 1. The Morgan fingerprint density at radius 1 is 0.898 bits per heavy atom. The number of H-pyrrole nitrogens is 1. The number of ether oxygens (including phenoxy) is 2. The molecule has 26 heteroatoms. The first-order chi connectivity index (χ1) is 28.4. The van der Waals surface area contributed by atoms with Crippen LogP contribution in [0.4, 0.5) is 14.6 Å². The van der Waals surface area contributed by atoms with Crippen molar-refractivity contribution in [2.24, 2.45) is 0 Å². The predicted molar refractivity (Wildman–Crippen MR) is 209 cm³/mol. The minimum absolute atomic E-state index is 0.0114. The Balaban J connectivity index is 1.19. The molecular formula is C33H33F2N11O9P2S2. The van der Waals surface area contributed by atoms with Crippen LogP contribution in [0.2, 0.25) is 0 Å².